The van der Waals surface area contributed by atoms with E-state index in [-0.39, 0.29) is 11.1 Å². The highest BCUT2D eigenvalue weighted by Gasteiger charge is 2.60. The average Bonchev–Trinajstić information content (AvgIpc) is 3.76. The Labute approximate surface area is 325 Å². The number of rotatable bonds is 23. The van der Waals surface area contributed by atoms with Crippen LogP contribution >= 0.6 is 12.2 Å². The van der Waals surface area contributed by atoms with Crippen LogP contribution in [0.15, 0.2) is 72.8 Å². The van der Waals surface area contributed by atoms with Crippen molar-refractivity contribution in [2.75, 3.05) is 13.2 Å². The molecule has 11 heteroatoms. The number of carbonyl (C=O) groups excluding carboxylic acids is 1. The van der Waals surface area contributed by atoms with E-state index in [0.717, 1.165) is 56.1 Å². The Kier molecular flexibility index (Phi) is 16.2. The molecule has 2 aliphatic rings. The number of carbonyl (C=O) groups is 3. The van der Waals surface area contributed by atoms with Gasteiger partial charge in [0.05, 0.1) is 25.2 Å². The summed E-state index contributed by atoms with van der Waals surface area (Å²) in [6.07, 6.45) is 13.6. The molecule has 3 atom stereocenters. The minimum Gasteiger partial charge on any atom is -0.481 e. The molecule has 2 saturated heterocycles. The Morgan fingerprint density at radius 2 is 1.41 bits per heavy atom. The normalized spacial score (nSPS) is 19.5. The summed E-state index contributed by atoms with van der Waals surface area (Å²) in [5, 5.41) is 31.4. The second kappa shape index (κ2) is 20.3. The van der Waals surface area contributed by atoms with Gasteiger partial charge in [0.25, 0.3) is 5.17 Å². The predicted molar refractivity (Wildman–Crippen MR) is 211 cm³/mol. The first-order valence-electron chi connectivity index (χ1n) is 19.7. The number of unbranched alkanes of at least 4 members (excludes halogenated alkanes) is 8. The van der Waals surface area contributed by atoms with Crippen LogP contribution in [0.5, 0.6) is 0 Å². The van der Waals surface area contributed by atoms with Crippen molar-refractivity contribution < 1.29 is 43.9 Å². The van der Waals surface area contributed by atoms with Crippen molar-refractivity contribution >= 4 is 35.2 Å². The summed E-state index contributed by atoms with van der Waals surface area (Å²) in [7, 11) is 0. The molecule has 2 aromatic rings. The number of hydrogen-bond acceptors (Lipinski definition) is 8. The van der Waals surface area contributed by atoms with E-state index in [2.05, 4.69) is 6.92 Å². The maximum atomic E-state index is 14.8. The van der Waals surface area contributed by atoms with Crippen LogP contribution in [0.4, 0.5) is 0 Å². The van der Waals surface area contributed by atoms with Gasteiger partial charge in [-0.3, -0.25) is 14.5 Å². The molecule has 10 nitrogen and oxygen atoms in total. The Morgan fingerprint density at radius 1 is 0.870 bits per heavy atom. The highest BCUT2D eigenvalue weighted by Crippen LogP contribution is 2.48. The molecule has 0 unspecified atom stereocenters. The number of ether oxygens (including phenoxy) is 3. The number of allylic oxidation sites excluding steroid dienone is 1. The number of aliphatic hydroxyl groups is 1. The zero-order valence-corrected chi connectivity index (χ0v) is 32.9. The molecule has 296 valence electrons. The zero-order valence-electron chi connectivity index (χ0n) is 32.1. The first-order valence-corrected chi connectivity index (χ1v) is 20.1. The van der Waals surface area contributed by atoms with Gasteiger partial charge >= 0.3 is 11.9 Å². The quantitative estimate of drug-likeness (QED) is 0.0574. The molecule has 2 aliphatic heterocycles. The van der Waals surface area contributed by atoms with E-state index in [4.69, 9.17) is 26.4 Å². The summed E-state index contributed by atoms with van der Waals surface area (Å²) >= 11 is 5.78. The minimum atomic E-state index is -2.72. The molecule has 4 rings (SSSR count). The van der Waals surface area contributed by atoms with Gasteiger partial charge in [-0.1, -0.05) is 132 Å². The van der Waals surface area contributed by atoms with Gasteiger partial charge in [-0.25, -0.2) is 4.79 Å². The predicted octanol–water partition coefficient (Wildman–Crippen LogP) is 8.40. The first kappa shape index (κ1) is 43.1. The van der Waals surface area contributed by atoms with Crippen molar-refractivity contribution in [2.45, 2.75) is 134 Å². The summed E-state index contributed by atoms with van der Waals surface area (Å²) in [4.78, 5) is 40.5. The molecule has 0 radical (unpaired) electrons. The summed E-state index contributed by atoms with van der Waals surface area (Å²) < 4.78 is 18.7. The minimum absolute atomic E-state index is 0.148. The summed E-state index contributed by atoms with van der Waals surface area (Å²) in [5.74, 6) is -6.13. The number of amides is 1. The van der Waals surface area contributed by atoms with E-state index in [0.29, 0.717) is 19.6 Å². The van der Waals surface area contributed by atoms with Crippen LogP contribution in [0, 0.1) is 11.8 Å². The van der Waals surface area contributed by atoms with E-state index in [1.807, 2.05) is 74.5 Å². The van der Waals surface area contributed by atoms with Gasteiger partial charge in [0, 0.05) is 30.4 Å². The largest absolute Gasteiger partial charge is 0.481 e. The van der Waals surface area contributed by atoms with E-state index >= 15 is 0 Å². The average molecular weight is 766 g/mol. The Bertz CT molecular complexity index is 1500. The molecule has 2 fully saturated rings. The molecule has 1 amide bonds. The van der Waals surface area contributed by atoms with Gasteiger partial charge in [0.1, 0.15) is 0 Å². The molecule has 2 heterocycles. The Morgan fingerprint density at radius 3 is 1.91 bits per heavy atom. The third kappa shape index (κ3) is 10.4. The van der Waals surface area contributed by atoms with Crippen molar-refractivity contribution in [3.63, 3.8) is 0 Å². The molecular weight excluding hydrogens is 707 g/mol. The zero-order chi connectivity index (χ0) is 39.2. The Balaban J connectivity index is 1.53. The molecule has 3 N–H and O–H groups in total. The maximum Gasteiger partial charge on any atom is 0.336 e. The van der Waals surface area contributed by atoms with Crippen LogP contribution in [0.1, 0.15) is 122 Å². The van der Waals surface area contributed by atoms with Crippen molar-refractivity contribution in [2.24, 2.45) is 11.8 Å². The van der Waals surface area contributed by atoms with Crippen molar-refractivity contribution in [1.29, 1.82) is 0 Å². The molecule has 0 aliphatic carbocycles. The molecule has 0 saturated carbocycles. The molecule has 2 aromatic carbocycles. The summed E-state index contributed by atoms with van der Waals surface area (Å²) in [6.45, 7) is 7.32. The molecular formula is C43H59NO9S. The van der Waals surface area contributed by atoms with Crippen molar-refractivity contribution in [3.05, 3.63) is 83.9 Å². The number of aliphatic carboxylic acids is 2. The van der Waals surface area contributed by atoms with Crippen LogP contribution in [0.25, 0.3) is 0 Å². The van der Waals surface area contributed by atoms with Gasteiger partial charge < -0.3 is 29.5 Å². The number of benzene rings is 2. The lowest BCUT2D eigenvalue weighted by atomic mass is 9.75. The molecule has 0 aromatic heterocycles. The second-order valence-corrected chi connectivity index (χ2v) is 15.3. The van der Waals surface area contributed by atoms with Crippen molar-refractivity contribution in [3.8, 4) is 0 Å². The fraction of sp³-hybridized carbons (Fsp3) is 0.581. The number of carboxylic acid groups (broad SMARTS) is 2. The van der Waals surface area contributed by atoms with Gasteiger partial charge in [-0.05, 0) is 50.2 Å². The first-order chi connectivity index (χ1) is 25.9. The fourth-order valence-corrected chi connectivity index (χ4v) is 8.31. The smallest absolute Gasteiger partial charge is 0.336 e. The number of thiocarbonyl (C=S) groups is 1. The lowest BCUT2D eigenvalue weighted by molar-refractivity contribution is -0.170. The van der Waals surface area contributed by atoms with E-state index < -0.39 is 59.6 Å². The number of carboxylic acids is 2. The summed E-state index contributed by atoms with van der Waals surface area (Å²) in [6, 6.07) is 18.1. The highest BCUT2D eigenvalue weighted by atomic mass is 32.1. The second-order valence-electron chi connectivity index (χ2n) is 15.0. The number of nitrogens with zero attached hydrogens (tertiary/aromatic N) is 1. The van der Waals surface area contributed by atoms with Crippen LogP contribution in [0.2, 0.25) is 0 Å². The molecule has 0 spiro atoms. The van der Waals surface area contributed by atoms with Crippen LogP contribution in [-0.2, 0) is 34.2 Å². The van der Waals surface area contributed by atoms with Gasteiger partial charge in [0.2, 0.25) is 5.91 Å². The standard InChI is InChI=1S/C43H59NO9S/c1-4-5-6-10-19-27-41(51-30-31-52-41)28-20-11-8-7-9-18-25-35(42(50,39(48)49)29-26-36(45)46)38(47)44-37(32(2)3)43(53-40(44)54,33-21-14-12-15-22-33)34-23-16-13-17-24-34/h12-18,21-25,32,35,37,50H,4-11,19-20,26-31H2,1-3H3,(H,45,46)(H,48,49)/t35-,37+,42+/m1/s1. The maximum absolute atomic E-state index is 14.8. The topological polar surface area (TPSA) is 143 Å². The molecule has 0 bridgehead atoms. The van der Waals surface area contributed by atoms with Crippen LogP contribution in [-0.4, -0.2) is 73.9 Å². The lowest BCUT2D eigenvalue weighted by Crippen LogP contribution is -2.57. The van der Waals surface area contributed by atoms with Gasteiger partial charge in [-0.15, -0.1) is 0 Å². The van der Waals surface area contributed by atoms with Crippen LogP contribution in [0.3, 0.4) is 0 Å². The van der Waals surface area contributed by atoms with Crippen molar-refractivity contribution in [1.82, 2.24) is 4.90 Å². The monoisotopic (exact) mass is 765 g/mol. The Hall–Kier alpha value is -3.64. The van der Waals surface area contributed by atoms with Gasteiger partial charge in [-0.2, -0.15) is 0 Å². The summed E-state index contributed by atoms with van der Waals surface area (Å²) in [5.41, 5.74) is -2.45. The van der Waals surface area contributed by atoms with Crippen LogP contribution < -0.4 is 0 Å². The third-order valence-corrected chi connectivity index (χ3v) is 11.0. The SMILES string of the molecule is CCCCCCCC1(CCCCCCC=C[C@H](C(=O)N2C(=S)OC(c3ccccc3)(c3ccccc3)[C@@H]2C(C)C)[C@@](O)(CCC(=O)O)C(=O)O)OCCO1. The van der Waals surface area contributed by atoms with E-state index in [1.54, 1.807) is 6.08 Å². The lowest BCUT2D eigenvalue weighted by Gasteiger charge is -2.39. The van der Waals surface area contributed by atoms with E-state index in [9.17, 15) is 29.7 Å². The highest BCUT2D eigenvalue weighted by molar-refractivity contribution is 7.80. The van der Waals surface area contributed by atoms with E-state index in [1.165, 1.54) is 36.7 Å². The fourth-order valence-electron chi connectivity index (χ4n) is 7.97. The van der Waals surface area contributed by atoms with Gasteiger partial charge in [0.15, 0.2) is 17.0 Å². The third-order valence-electron chi connectivity index (χ3n) is 10.8. The molecule has 54 heavy (non-hydrogen) atoms. The number of hydrogen-bond donors (Lipinski definition) is 3.